The fraction of sp³-hybridized carbons (Fsp3) is 0.929. The third kappa shape index (κ3) is 8.46. The van der Waals surface area contributed by atoms with E-state index in [4.69, 9.17) is 4.43 Å². The Bertz CT molecular complexity index is 325. The van der Waals surface area contributed by atoms with E-state index in [1.807, 2.05) is 5.32 Å². The molecule has 0 heterocycles. The molecule has 0 fully saturated rings. The first-order chi connectivity index (χ1) is 9.38. The van der Waals surface area contributed by atoms with Gasteiger partial charge in [0.15, 0.2) is 8.32 Å². The SMILES string of the molecule is CC(C)(C)[Si](C)(C)OCCCCCCNC(=O)C(F)(F)F. The first kappa shape index (κ1) is 20.4. The van der Waals surface area contributed by atoms with Crippen molar-refractivity contribution in [2.75, 3.05) is 13.2 Å². The Balaban J connectivity index is 3.61. The zero-order chi connectivity index (χ0) is 16.7. The molecule has 21 heavy (non-hydrogen) atoms. The Kier molecular flexibility index (Phi) is 7.95. The number of amides is 1. The predicted octanol–water partition coefficient (Wildman–Crippen LogP) is 4.25. The number of alkyl halides is 3. The molecule has 0 spiro atoms. The van der Waals surface area contributed by atoms with Gasteiger partial charge in [-0.15, -0.1) is 0 Å². The second-order valence-electron chi connectivity index (χ2n) is 6.78. The molecular formula is C14H28F3NO2Si. The van der Waals surface area contributed by atoms with Crippen LogP contribution in [-0.4, -0.2) is 33.6 Å². The summed E-state index contributed by atoms with van der Waals surface area (Å²) in [5.74, 6) is -1.86. The van der Waals surface area contributed by atoms with E-state index in [1.165, 1.54) is 0 Å². The Labute approximate surface area is 126 Å². The maximum absolute atomic E-state index is 11.9. The Morgan fingerprint density at radius 1 is 1.05 bits per heavy atom. The molecular weight excluding hydrogens is 299 g/mol. The van der Waals surface area contributed by atoms with Crippen molar-refractivity contribution in [3.63, 3.8) is 0 Å². The van der Waals surface area contributed by atoms with Crippen LogP contribution in [0.2, 0.25) is 18.1 Å². The summed E-state index contributed by atoms with van der Waals surface area (Å²) in [6.07, 6.45) is -1.63. The number of hydrogen-bond donors (Lipinski definition) is 1. The number of carbonyl (C=O) groups excluding carboxylic acids is 1. The van der Waals surface area contributed by atoms with Crippen LogP contribution in [0.5, 0.6) is 0 Å². The maximum atomic E-state index is 11.9. The van der Waals surface area contributed by atoms with E-state index in [0.29, 0.717) is 13.0 Å². The van der Waals surface area contributed by atoms with E-state index in [2.05, 4.69) is 33.9 Å². The largest absolute Gasteiger partial charge is 0.471 e. The summed E-state index contributed by atoms with van der Waals surface area (Å²) in [7, 11) is -1.70. The summed E-state index contributed by atoms with van der Waals surface area (Å²) in [5.41, 5.74) is 0. The molecule has 0 rings (SSSR count). The Morgan fingerprint density at radius 3 is 2.05 bits per heavy atom. The molecule has 1 N–H and O–H groups in total. The molecule has 0 bridgehead atoms. The van der Waals surface area contributed by atoms with Crippen molar-refractivity contribution in [3.8, 4) is 0 Å². The van der Waals surface area contributed by atoms with E-state index >= 15 is 0 Å². The number of rotatable bonds is 8. The lowest BCUT2D eigenvalue weighted by molar-refractivity contribution is -0.173. The molecule has 0 aliphatic heterocycles. The minimum atomic E-state index is -4.78. The lowest BCUT2D eigenvalue weighted by Gasteiger charge is -2.36. The molecule has 1 amide bonds. The van der Waals surface area contributed by atoms with Crippen LogP contribution in [0.25, 0.3) is 0 Å². The highest BCUT2D eigenvalue weighted by Gasteiger charge is 2.38. The Hall–Kier alpha value is -0.563. The molecule has 0 saturated carbocycles. The molecule has 0 atom stereocenters. The van der Waals surface area contributed by atoms with Crippen LogP contribution in [0.15, 0.2) is 0 Å². The lowest BCUT2D eigenvalue weighted by atomic mass is 10.2. The van der Waals surface area contributed by atoms with Crippen LogP contribution < -0.4 is 5.32 Å². The van der Waals surface area contributed by atoms with Gasteiger partial charge >= 0.3 is 12.1 Å². The predicted molar refractivity (Wildman–Crippen MR) is 80.7 cm³/mol. The molecule has 0 aromatic rings. The van der Waals surface area contributed by atoms with Crippen LogP contribution >= 0.6 is 0 Å². The molecule has 0 aliphatic carbocycles. The van der Waals surface area contributed by atoms with Gasteiger partial charge in [0.1, 0.15) is 0 Å². The van der Waals surface area contributed by atoms with Crippen molar-refractivity contribution in [1.29, 1.82) is 0 Å². The van der Waals surface area contributed by atoms with Crippen LogP contribution in [0.3, 0.4) is 0 Å². The molecule has 0 radical (unpaired) electrons. The average molecular weight is 327 g/mol. The van der Waals surface area contributed by atoms with Crippen LogP contribution in [-0.2, 0) is 9.22 Å². The van der Waals surface area contributed by atoms with Gasteiger partial charge in [-0.25, -0.2) is 0 Å². The molecule has 0 aromatic carbocycles. The molecule has 0 aromatic heterocycles. The van der Waals surface area contributed by atoms with Crippen LogP contribution in [0.4, 0.5) is 13.2 Å². The summed E-state index contributed by atoms with van der Waals surface area (Å²) in [6.45, 7) is 11.7. The van der Waals surface area contributed by atoms with E-state index < -0.39 is 20.4 Å². The number of unbranched alkanes of at least 4 members (excludes halogenated alkanes) is 3. The molecule has 0 aliphatic rings. The third-order valence-electron chi connectivity index (χ3n) is 3.88. The minimum absolute atomic E-state index is 0.0709. The van der Waals surface area contributed by atoms with Crippen molar-refractivity contribution < 1.29 is 22.4 Å². The van der Waals surface area contributed by atoms with Gasteiger partial charge in [0.2, 0.25) is 0 Å². The first-order valence-electron chi connectivity index (χ1n) is 7.37. The highest BCUT2D eigenvalue weighted by atomic mass is 28.4. The summed E-state index contributed by atoms with van der Waals surface area (Å²) in [6, 6.07) is 0. The van der Waals surface area contributed by atoms with E-state index in [-0.39, 0.29) is 11.6 Å². The fourth-order valence-corrected chi connectivity index (χ4v) is 2.51. The first-order valence-corrected chi connectivity index (χ1v) is 10.3. The normalized spacial score (nSPS) is 13.3. The van der Waals surface area contributed by atoms with E-state index in [1.54, 1.807) is 0 Å². The molecule has 126 valence electrons. The van der Waals surface area contributed by atoms with Crippen molar-refractivity contribution >= 4 is 14.2 Å². The van der Waals surface area contributed by atoms with Gasteiger partial charge < -0.3 is 9.74 Å². The zero-order valence-electron chi connectivity index (χ0n) is 13.7. The van der Waals surface area contributed by atoms with Crippen molar-refractivity contribution in [3.05, 3.63) is 0 Å². The quantitative estimate of drug-likeness (QED) is 0.535. The van der Waals surface area contributed by atoms with E-state index in [0.717, 1.165) is 19.3 Å². The second kappa shape index (κ2) is 8.17. The third-order valence-corrected chi connectivity index (χ3v) is 8.42. The van der Waals surface area contributed by atoms with Crippen LogP contribution in [0, 0.1) is 0 Å². The van der Waals surface area contributed by atoms with Gasteiger partial charge in [0.05, 0.1) is 0 Å². The number of halogens is 3. The topological polar surface area (TPSA) is 38.3 Å². The highest BCUT2D eigenvalue weighted by Crippen LogP contribution is 2.36. The highest BCUT2D eigenvalue weighted by molar-refractivity contribution is 6.74. The van der Waals surface area contributed by atoms with Gasteiger partial charge in [-0.2, -0.15) is 13.2 Å². The summed E-state index contributed by atoms with van der Waals surface area (Å²) >= 11 is 0. The Morgan fingerprint density at radius 2 is 1.57 bits per heavy atom. The number of nitrogens with one attached hydrogen (secondary N) is 1. The number of hydrogen-bond acceptors (Lipinski definition) is 2. The standard InChI is InChI=1S/C14H28F3NO2Si/c1-13(2,3)21(4,5)20-11-9-7-6-8-10-18-12(19)14(15,16)17/h6-11H2,1-5H3,(H,18,19). The van der Waals surface area contributed by atoms with Crippen LogP contribution in [0.1, 0.15) is 46.5 Å². The average Bonchev–Trinajstić information content (AvgIpc) is 2.29. The molecule has 7 heteroatoms. The van der Waals surface area contributed by atoms with Gasteiger partial charge in [0, 0.05) is 13.2 Å². The monoisotopic (exact) mass is 327 g/mol. The van der Waals surface area contributed by atoms with Gasteiger partial charge in [0.25, 0.3) is 0 Å². The summed E-state index contributed by atoms with van der Waals surface area (Å²) in [5, 5.41) is 2.06. The molecule has 0 saturated heterocycles. The van der Waals surface area contributed by atoms with Gasteiger partial charge in [-0.3, -0.25) is 4.79 Å². The van der Waals surface area contributed by atoms with E-state index in [9.17, 15) is 18.0 Å². The van der Waals surface area contributed by atoms with Crippen molar-refractivity contribution in [2.45, 2.75) is 70.8 Å². The van der Waals surface area contributed by atoms with Gasteiger partial charge in [-0.05, 0) is 31.0 Å². The lowest BCUT2D eigenvalue weighted by Crippen LogP contribution is -2.40. The fourth-order valence-electron chi connectivity index (χ4n) is 1.43. The smallest absolute Gasteiger partial charge is 0.417 e. The number of carbonyl (C=O) groups is 1. The summed E-state index contributed by atoms with van der Waals surface area (Å²) in [4.78, 5) is 10.6. The minimum Gasteiger partial charge on any atom is -0.417 e. The molecule has 0 unspecified atom stereocenters. The second-order valence-corrected chi connectivity index (χ2v) is 11.6. The van der Waals surface area contributed by atoms with Crippen molar-refractivity contribution in [2.24, 2.45) is 0 Å². The summed E-state index contributed by atoms with van der Waals surface area (Å²) < 4.78 is 41.7. The van der Waals surface area contributed by atoms with Gasteiger partial charge in [-0.1, -0.05) is 33.6 Å². The molecule has 3 nitrogen and oxygen atoms in total. The van der Waals surface area contributed by atoms with Crippen molar-refractivity contribution in [1.82, 2.24) is 5.32 Å². The maximum Gasteiger partial charge on any atom is 0.471 e. The zero-order valence-corrected chi connectivity index (χ0v) is 14.7.